The summed E-state index contributed by atoms with van der Waals surface area (Å²) in [6.07, 6.45) is 9.07. The van der Waals surface area contributed by atoms with Gasteiger partial charge in [-0.3, -0.25) is 7.33 Å². The van der Waals surface area contributed by atoms with Crippen molar-refractivity contribution in [2.45, 2.75) is 6.92 Å². The normalized spacial score (nSPS) is 21.8. The van der Waals surface area contributed by atoms with Crippen LogP contribution in [0.1, 0.15) is 6.92 Å². The second kappa shape index (κ2) is 1.24. The Kier molecular flexibility index (Phi) is 1.35. The van der Waals surface area contributed by atoms with Gasteiger partial charge in [-0.05, 0) is 30.8 Å². The molecule has 54 valence electrons. The average Bonchev–Trinajstić information content (AvgIpc) is 1.30. The Bertz CT molecular complexity index is 89.7. The number of rotatable bonds is 1. The van der Waals surface area contributed by atoms with Gasteiger partial charge in [-0.2, -0.15) is 0 Å². The van der Waals surface area contributed by atoms with Gasteiger partial charge in [0.15, 0.2) is 0 Å². The Morgan fingerprint density at radius 1 is 1.12 bits per heavy atom. The first-order valence-corrected chi connectivity index (χ1v) is 8.12. The van der Waals surface area contributed by atoms with Crippen LogP contribution in [0.15, 0.2) is 0 Å². The van der Waals surface area contributed by atoms with Gasteiger partial charge in [0, 0.05) is 0 Å². The first-order valence-electron chi connectivity index (χ1n) is 2.81. The van der Waals surface area contributed by atoms with Gasteiger partial charge in [0.25, 0.3) is 0 Å². The summed E-state index contributed by atoms with van der Waals surface area (Å²) in [5.41, 5.74) is 0. The molecule has 0 aliphatic heterocycles. The van der Waals surface area contributed by atoms with Crippen molar-refractivity contribution in [2.24, 2.45) is 0 Å². The summed E-state index contributed by atoms with van der Waals surface area (Å²) in [4.78, 5) is 0. The van der Waals surface area contributed by atoms with E-state index in [1.54, 1.807) is 0 Å². The quantitative estimate of drug-likeness (QED) is 0.435. The standard InChI is InChI=1S/C6H18S2/c1-6-8(2,3,4,5)7/h7H,6H2,1-5H3. The Morgan fingerprint density at radius 3 is 1.25 bits per heavy atom. The molecular weight excluding hydrogens is 136 g/mol. The van der Waals surface area contributed by atoms with E-state index in [-0.39, 0.29) is 0 Å². The second-order valence-corrected chi connectivity index (χ2v) is 19.4. The number of thiol groups is 1. The molecule has 0 aliphatic rings. The van der Waals surface area contributed by atoms with Gasteiger partial charge in [-0.1, -0.05) is 6.92 Å². The molecule has 0 N–H and O–H groups in total. The summed E-state index contributed by atoms with van der Waals surface area (Å²) in [7, 11) is -1.81. The van der Waals surface area contributed by atoms with Gasteiger partial charge in [0.2, 0.25) is 0 Å². The molecule has 0 radical (unpaired) electrons. The van der Waals surface area contributed by atoms with E-state index in [0.717, 1.165) is 0 Å². The lowest BCUT2D eigenvalue weighted by molar-refractivity contribution is 1.45. The molecular formula is C6H18S2. The van der Waals surface area contributed by atoms with Crippen LogP contribution in [-0.4, -0.2) is 30.8 Å². The molecule has 0 atom stereocenters. The fourth-order valence-corrected chi connectivity index (χ4v) is 0. The van der Waals surface area contributed by atoms with E-state index in [0.29, 0.717) is 0 Å². The van der Waals surface area contributed by atoms with Gasteiger partial charge in [-0.25, -0.2) is 0 Å². The Hall–Kier alpha value is 0.700. The molecule has 0 aromatic rings. The van der Waals surface area contributed by atoms with Gasteiger partial charge >= 0.3 is 0 Å². The largest absolute Gasteiger partial charge is 0.250 e. The smallest absolute Gasteiger partial charge is 0.0303 e. The van der Waals surface area contributed by atoms with Gasteiger partial charge in [0.1, 0.15) is 0 Å². The predicted molar refractivity (Wildman–Crippen MR) is 50.8 cm³/mol. The van der Waals surface area contributed by atoms with Crippen LogP contribution in [0, 0.1) is 0 Å². The van der Waals surface area contributed by atoms with Crippen molar-refractivity contribution < 1.29 is 0 Å². The highest BCUT2D eigenvalue weighted by Crippen LogP contribution is 2.82. The Labute approximate surface area is 57.1 Å². The molecule has 2 heteroatoms. The summed E-state index contributed by atoms with van der Waals surface area (Å²) in [6.45, 7) is 2.20. The van der Waals surface area contributed by atoms with Crippen LogP contribution in [-0.2, 0) is 0 Å². The minimum Gasteiger partial charge on any atom is -0.250 e. The zero-order valence-electron chi connectivity index (χ0n) is 6.56. The maximum atomic E-state index is 4.69. The summed E-state index contributed by atoms with van der Waals surface area (Å²) in [5.74, 6) is 1.18. The van der Waals surface area contributed by atoms with E-state index in [1.165, 1.54) is 5.75 Å². The zero-order chi connectivity index (χ0) is 7.12. The van der Waals surface area contributed by atoms with Gasteiger partial charge in [-0.15, -0.1) is 11.7 Å². The van der Waals surface area contributed by atoms with Crippen molar-refractivity contribution >= 4 is 19.0 Å². The molecule has 8 heavy (non-hydrogen) atoms. The van der Waals surface area contributed by atoms with E-state index in [2.05, 4.69) is 43.6 Å². The zero-order valence-corrected chi connectivity index (χ0v) is 8.27. The van der Waals surface area contributed by atoms with Crippen LogP contribution in [0.2, 0.25) is 0 Å². The topological polar surface area (TPSA) is 0 Å². The van der Waals surface area contributed by atoms with E-state index in [9.17, 15) is 0 Å². The third-order valence-corrected chi connectivity index (χ3v) is 4.63. The summed E-state index contributed by atoms with van der Waals surface area (Å²) >= 11 is 4.69. The molecule has 0 saturated carbocycles. The minimum atomic E-state index is -1.81. The molecule has 0 bridgehead atoms. The highest BCUT2D eigenvalue weighted by Gasteiger charge is 2.35. The van der Waals surface area contributed by atoms with Gasteiger partial charge < -0.3 is 0 Å². The molecule has 0 saturated heterocycles. The molecule has 0 heterocycles. The monoisotopic (exact) mass is 154 g/mol. The Balaban J connectivity index is 4.50. The minimum absolute atomic E-state index is 1.18. The van der Waals surface area contributed by atoms with Crippen molar-refractivity contribution in [3.05, 3.63) is 0 Å². The number of hydrogen-bond donors (Lipinski definition) is 1. The van der Waals surface area contributed by atoms with Crippen LogP contribution in [0.25, 0.3) is 0 Å². The van der Waals surface area contributed by atoms with Crippen LogP contribution in [0.4, 0.5) is 0 Å². The SMILES string of the molecule is CCS(C)(C)(C)(C)S. The summed E-state index contributed by atoms with van der Waals surface area (Å²) in [5, 5.41) is 0. The van der Waals surface area contributed by atoms with Crippen LogP contribution in [0.5, 0.6) is 0 Å². The lowest BCUT2D eigenvalue weighted by atomic mass is 11.0. The van der Waals surface area contributed by atoms with Gasteiger partial charge in [0.05, 0.1) is 0 Å². The molecule has 0 fully saturated rings. The van der Waals surface area contributed by atoms with Crippen molar-refractivity contribution in [3.63, 3.8) is 0 Å². The highest BCUT2D eigenvalue weighted by atomic mass is 33.2. The van der Waals surface area contributed by atoms with Crippen LogP contribution < -0.4 is 0 Å². The molecule has 0 amide bonds. The highest BCUT2D eigenvalue weighted by molar-refractivity contribution is 9.07. The second-order valence-electron chi connectivity index (χ2n) is 4.75. The molecule has 0 aliphatic carbocycles. The third-order valence-electron chi connectivity index (χ3n) is 1.28. The first kappa shape index (κ1) is 8.70. The molecule has 0 aromatic heterocycles. The van der Waals surface area contributed by atoms with Crippen molar-refractivity contribution in [1.29, 1.82) is 0 Å². The van der Waals surface area contributed by atoms with E-state index in [1.807, 2.05) is 0 Å². The maximum absolute atomic E-state index is 4.69. The van der Waals surface area contributed by atoms with Crippen LogP contribution in [0.3, 0.4) is 0 Å². The predicted octanol–water partition coefficient (Wildman–Crippen LogP) is 2.25. The lowest BCUT2D eigenvalue weighted by Gasteiger charge is -2.64. The third kappa shape index (κ3) is 6.70. The average molecular weight is 154 g/mol. The Morgan fingerprint density at radius 2 is 1.25 bits per heavy atom. The van der Waals surface area contributed by atoms with Crippen molar-refractivity contribution in [1.82, 2.24) is 0 Å². The lowest BCUT2D eigenvalue weighted by Crippen LogP contribution is -2.25. The van der Waals surface area contributed by atoms with E-state index < -0.39 is 7.33 Å². The fraction of sp³-hybridized carbons (Fsp3) is 1.00. The first-order chi connectivity index (χ1) is 3.04. The van der Waals surface area contributed by atoms with E-state index >= 15 is 0 Å². The molecule has 0 spiro atoms. The summed E-state index contributed by atoms with van der Waals surface area (Å²) < 4.78 is 0. The van der Waals surface area contributed by atoms with Crippen molar-refractivity contribution in [3.8, 4) is 0 Å². The molecule has 0 nitrogen and oxygen atoms in total. The summed E-state index contributed by atoms with van der Waals surface area (Å²) in [6, 6.07) is 0. The van der Waals surface area contributed by atoms with E-state index in [4.69, 9.17) is 0 Å². The molecule has 0 rings (SSSR count). The van der Waals surface area contributed by atoms with Crippen LogP contribution >= 0.6 is 19.0 Å². The fourth-order valence-electron chi connectivity index (χ4n) is 0. The maximum Gasteiger partial charge on any atom is -0.0303 e. The molecule has 0 aromatic carbocycles. The molecule has 0 unspecified atom stereocenters. The number of hydrogen-bond acceptors (Lipinski definition) is 1. The van der Waals surface area contributed by atoms with Crippen molar-refractivity contribution in [2.75, 3.05) is 30.8 Å².